The van der Waals surface area contributed by atoms with Gasteiger partial charge in [0.1, 0.15) is 0 Å². The molecule has 0 spiro atoms. The Morgan fingerprint density at radius 3 is 2.31 bits per heavy atom. The van der Waals surface area contributed by atoms with Crippen LogP contribution in [0.5, 0.6) is 0 Å². The fraction of sp³-hybridized carbons (Fsp3) is 0.571. The number of nitrogens with one attached hydrogen (secondary N) is 3. The highest BCUT2D eigenvalue weighted by Gasteiger charge is 2.36. The van der Waals surface area contributed by atoms with Gasteiger partial charge in [-0.2, -0.15) is 0 Å². The SMILES string of the molecule is C=CCNC(=C)C(=C)C(CCCC)NC(=C)C1CCCN1C(=C)C(NC(=C)C)C(C)(C)C. The predicted molar refractivity (Wildman–Crippen MR) is 142 cm³/mol. The molecule has 0 aromatic rings. The van der Waals surface area contributed by atoms with E-state index in [0.717, 1.165) is 67.0 Å². The second-order valence-corrected chi connectivity index (χ2v) is 10.1. The summed E-state index contributed by atoms with van der Waals surface area (Å²) in [7, 11) is 0. The van der Waals surface area contributed by atoms with Crippen LogP contribution in [0.25, 0.3) is 0 Å². The van der Waals surface area contributed by atoms with Crippen LogP contribution < -0.4 is 16.0 Å². The summed E-state index contributed by atoms with van der Waals surface area (Å²) in [6.07, 6.45) is 7.28. The molecule has 4 heteroatoms. The Bertz CT molecular complexity index is 709. The molecule has 1 heterocycles. The lowest BCUT2D eigenvalue weighted by Gasteiger charge is -2.41. The van der Waals surface area contributed by atoms with Crippen molar-refractivity contribution >= 4 is 0 Å². The van der Waals surface area contributed by atoms with E-state index >= 15 is 0 Å². The molecule has 0 bridgehead atoms. The highest BCUT2D eigenvalue weighted by molar-refractivity contribution is 5.31. The molecule has 1 rings (SSSR count). The van der Waals surface area contributed by atoms with Crippen molar-refractivity contribution in [1.29, 1.82) is 0 Å². The summed E-state index contributed by atoms with van der Waals surface area (Å²) in [6, 6.07) is 0.433. The maximum atomic E-state index is 4.52. The van der Waals surface area contributed by atoms with Crippen LogP contribution in [0, 0.1) is 5.41 Å². The molecule has 1 aliphatic rings. The van der Waals surface area contributed by atoms with Gasteiger partial charge in [-0.05, 0) is 37.2 Å². The maximum Gasteiger partial charge on any atom is 0.0700 e. The van der Waals surface area contributed by atoms with Gasteiger partial charge in [-0.3, -0.25) is 0 Å². The number of rotatable bonds is 15. The molecule has 1 aliphatic heterocycles. The Hall–Kier alpha value is -2.36. The summed E-state index contributed by atoms with van der Waals surface area (Å²) in [4.78, 5) is 2.42. The Morgan fingerprint density at radius 2 is 1.78 bits per heavy atom. The maximum absolute atomic E-state index is 4.52. The average molecular weight is 441 g/mol. The number of allylic oxidation sites excluding steroid dienone is 1. The molecule has 1 fully saturated rings. The summed E-state index contributed by atoms with van der Waals surface area (Å²) < 4.78 is 0. The molecular weight excluding hydrogens is 392 g/mol. The lowest BCUT2D eigenvalue weighted by Crippen LogP contribution is -2.48. The predicted octanol–water partition coefficient (Wildman–Crippen LogP) is 6.01. The van der Waals surface area contributed by atoms with Crippen LogP contribution in [0.15, 0.2) is 73.9 Å². The van der Waals surface area contributed by atoms with Crippen molar-refractivity contribution in [3.63, 3.8) is 0 Å². The molecule has 0 aliphatic carbocycles. The highest BCUT2D eigenvalue weighted by atomic mass is 15.2. The van der Waals surface area contributed by atoms with Gasteiger partial charge in [0.05, 0.1) is 18.1 Å². The van der Waals surface area contributed by atoms with Crippen LogP contribution in [0.3, 0.4) is 0 Å². The Kier molecular flexibility index (Phi) is 10.9. The van der Waals surface area contributed by atoms with Gasteiger partial charge < -0.3 is 20.9 Å². The second kappa shape index (κ2) is 12.6. The molecule has 4 nitrogen and oxygen atoms in total. The zero-order valence-corrected chi connectivity index (χ0v) is 21.4. The lowest BCUT2D eigenvalue weighted by atomic mass is 9.84. The first kappa shape index (κ1) is 27.7. The molecule has 1 saturated heterocycles. The third kappa shape index (κ3) is 7.96. The first-order valence-corrected chi connectivity index (χ1v) is 12.0. The van der Waals surface area contributed by atoms with E-state index in [-0.39, 0.29) is 23.5 Å². The molecule has 0 aromatic carbocycles. The van der Waals surface area contributed by atoms with Crippen molar-refractivity contribution in [2.75, 3.05) is 13.1 Å². The van der Waals surface area contributed by atoms with Gasteiger partial charge in [-0.15, -0.1) is 6.58 Å². The van der Waals surface area contributed by atoms with Gasteiger partial charge >= 0.3 is 0 Å². The number of hydrogen-bond acceptors (Lipinski definition) is 4. The molecule has 0 saturated carbocycles. The van der Waals surface area contributed by atoms with E-state index < -0.39 is 0 Å². The van der Waals surface area contributed by atoms with Crippen LogP contribution in [-0.2, 0) is 0 Å². The number of nitrogens with zero attached hydrogens (tertiary/aromatic N) is 1. The molecule has 0 aromatic heterocycles. The minimum absolute atomic E-state index is 0.0183. The summed E-state index contributed by atoms with van der Waals surface area (Å²) in [5, 5.41) is 10.5. The van der Waals surface area contributed by atoms with Crippen LogP contribution in [-0.4, -0.2) is 36.1 Å². The minimum Gasteiger partial charge on any atom is -0.382 e. The Morgan fingerprint density at radius 1 is 1.12 bits per heavy atom. The molecule has 0 amide bonds. The standard InChI is InChI=1S/C28H48N4/c1-12-14-16-25(21(5)22(6)29-18-13-2)31-23(7)26-17-15-19-32(26)24(8)27(28(9,10)11)30-20(3)4/h13,25-27,29-31H,2-3,5-8,12,14-19H2,1,4,9-11H3. The number of unbranched alkanes of at least 4 members (excludes halogenated alkanes) is 1. The fourth-order valence-corrected chi connectivity index (χ4v) is 4.27. The van der Waals surface area contributed by atoms with E-state index in [4.69, 9.17) is 0 Å². The van der Waals surface area contributed by atoms with Crippen LogP contribution in [0.1, 0.15) is 66.7 Å². The first-order valence-electron chi connectivity index (χ1n) is 12.0. The minimum atomic E-state index is 0.0183. The van der Waals surface area contributed by atoms with E-state index in [1.165, 1.54) is 0 Å². The van der Waals surface area contributed by atoms with Gasteiger partial charge in [-0.1, -0.05) is 79.5 Å². The summed E-state index contributed by atoms with van der Waals surface area (Å²) >= 11 is 0. The molecule has 32 heavy (non-hydrogen) atoms. The summed E-state index contributed by atoms with van der Waals surface area (Å²) in [5.74, 6) is 0. The van der Waals surface area contributed by atoms with E-state index in [1.807, 2.05) is 13.0 Å². The van der Waals surface area contributed by atoms with Gasteiger partial charge in [0.25, 0.3) is 0 Å². The van der Waals surface area contributed by atoms with E-state index in [9.17, 15) is 0 Å². The second-order valence-electron chi connectivity index (χ2n) is 10.1. The zero-order chi connectivity index (χ0) is 24.5. The first-order chi connectivity index (χ1) is 14.9. The van der Waals surface area contributed by atoms with Crippen molar-refractivity contribution < 1.29 is 0 Å². The fourth-order valence-electron chi connectivity index (χ4n) is 4.27. The van der Waals surface area contributed by atoms with Crippen LogP contribution in [0.2, 0.25) is 0 Å². The Labute approximate surface area is 198 Å². The lowest BCUT2D eigenvalue weighted by molar-refractivity contribution is 0.237. The molecule has 3 N–H and O–H groups in total. The third-order valence-corrected chi connectivity index (χ3v) is 6.09. The molecule has 180 valence electrons. The van der Waals surface area contributed by atoms with E-state index in [1.54, 1.807) is 0 Å². The molecule has 3 unspecified atom stereocenters. The Balaban J connectivity index is 3.00. The quantitative estimate of drug-likeness (QED) is 0.215. The molecule has 3 atom stereocenters. The smallest absolute Gasteiger partial charge is 0.0700 e. The third-order valence-electron chi connectivity index (χ3n) is 6.09. The van der Waals surface area contributed by atoms with Gasteiger partial charge in [0.2, 0.25) is 0 Å². The topological polar surface area (TPSA) is 39.3 Å². The largest absolute Gasteiger partial charge is 0.382 e. The van der Waals surface area contributed by atoms with Gasteiger partial charge in [0, 0.05) is 35.9 Å². The normalized spacial score (nSPS) is 17.8. The van der Waals surface area contributed by atoms with Crippen molar-refractivity contribution in [2.24, 2.45) is 5.41 Å². The monoisotopic (exact) mass is 440 g/mol. The molecule has 0 radical (unpaired) electrons. The zero-order valence-electron chi connectivity index (χ0n) is 21.4. The van der Waals surface area contributed by atoms with E-state index in [0.29, 0.717) is 6.54 Å². The number of hydrogen-bond donors (Lipinski definition) is 3. The summed E-state index contributed by atoms with van der Waals surface area (Å²) in [5.41, 5.74) is 4.96. The number of likely N-dealkylation sites (tertiary alicyclic amines) is 1. The van der Waals surface area contributed by atoms with Crippen molar-refractivity contribution in [3.8, 4) is 0 Å². The van der Waals surface area contributed by atoms with Crippen molar-refractivity contribution in [1.82, 2.24) is 20.9 Å². The van der Waals surface area contributed by atoms with Crippen LogP contribution in [0.4, 0.5) is 0 Å². The van der Waals surface area contributed by atoms with Crippen LogP contribution >= 0.6 is 0 Å². The van der Waals surface area contributed by atoms with Gasteiger partial charge in [0.15, 0.2) is 0 Å². The summed E-state index contributed by atoms with van der Waals surface area (Å²) in [6.45, 7) is 37.9. The van der Waals surface area contributed by atoms with Crippen molar-refractivity contribution in [3.05, 3.63) is 73.9 Å². The van der Waals surface area contributed by atoms with Gasteiger partial charge in [-0.25, -0.2) is 0 Å². The van der Waals surface area contributed by atoms with Crippen molar-refractivity contribution in [2.45, 2.75) is 84.8 Å². The molecular formula is C28H48N4. The highest BCUT2D eigenvalue weighted by Crippen LogP contribution is 2.33. The average Bonchev–Trinajstić information content (AvgIpc) is 3.21. The van der Waals surface area contributed by atoms with E-state index in [2.05, 4.69) is 88.0 Å².